The number of methoxy groups -OCH3 is 1. The number of phenolic OH excluding ortho intramolecular Hbond substituents is 1. The number of aromatic hydroxyl groups is 1. The average Bonchev–Trinajstić information content (AvgIpc) is 2.63. The predicted molar refractivity (Wildman–Crippen MR) is 116 cm³/mol. The second-order valence-corrected chi connectivity index (χ2v) is 9.23. The van der Waals surface area contributed by atoms with E-state index in [2.05, 4.69) is 39.8 Å². The lowest BCUT2D eigenvalue weighted by molar-refractivity contribution is 0.0736. The summed E-state index contributed by atoms with van der Waals surface area (Å²) < 4.78 is 18.1. The van der Waals surface area contributed by atoms with Crippen molar-refractivity contribution in [2.24, 2.45) is 0 Å². The normalized spacial score (nSPS) is 19.1. The highest BCUT2D eigenvalue weighted by atomic mass is 16.5. The van der Waals surface area contributed by atoms with Crippen LogP contribution in [0.3, 0.4) is 0 Å². The summed E-state index contributed by atoms with van der Waals surface area (Å²) in [6.07, 6.45) is 8.01. The molecule has 0 amide bonds. The van der Waals surface area contributed by atoms with Crippen molar-refractivity contribution in [3.8, 4) is 23.0 Å². The molecule has 0 radical (unpaired) electrons. The molecule has 29 heavy (non-hydrogen) atoms. The molecule has 0 aromatic heterocycles. The SMILES string of the molecule is COc1ccc(O)cc1/C=C\c1c2c(cc3c1CCC(C)(C)O3)OC(C)(C)CC2. The number of fused-ring (bicyclic) bond motifs is 2. The Morgan fingerprint density at radius 2 is 1.48 bits per heavy atom. The van der Waals surface area contributed by atoms with Crippen molar-refractivity contribution in [3.05, 3.63) is 46.5 Å². The van der Waals surface area contributed by atoms with Crippen LogP contribution in [-0.4, -0.2) is 23.4 Å². The highest BCUT2D eigenvalue weighted by molar-refractivity contribution is 5.78. The molecular formula is C25H30O4. The van der Waals surface area contributed by atoms with Gasteiger partial charge < -0.3 is 19.3 Å². The summed E-state index contributed by atoms with van der Waals surface area (Å²) in [6, 6.07) is 7.21. The fourth-order valence-electron chi connectivity index (χ4n) is 4.21. The maximum absolute atomic E-state index is 9.90. The van der Waals surface area contributed by atoms with Gasteiger partial charge >= 0.3 is 0 Å². The monoisotopic (exact) mass is 394 g/mol. The number of phenols is 1. The first-order chi connectivity index (χ1) is 13.7. The number of rotatable bonds is 3. The van der Waals surface area contributed by atoms with Crippen LogP contribution in [0.4, 0.5) is 0 Å². The third-order valence-corrected chi connectivity index (χ3v) is 5.88. The summed E-state index contributed by atoms with van der Waals surface area (Å²) in [4.78, 5) is 0. The third-order valence-electron chi connectivity index (χ3n) is 5.88. The number of ether oxygens (including phenoxy) is 3. The number of hydrogen-bond donors (Lipinski definition) is 1. The number of benzene rings is 2. The molecule has 0 atom stereocenters. The van der Waals surface area contributed by atoms with Crippen LogP contribution in [-0.2, 0) is 12.8 Å². The first-order valence-corrected chi connectivity index (χ1v) is 10.3. The molecule has 154 valence electrons. The molecule has 2 aliphatic rings. The molecular weight excluding hydrogens is 364 g/mol. The maximum atomic E-state index is 9.90. The van der Waals surface area contributed by atoms with Crippen LogP contribution in [0.25, 0.3) is 12.2 Å². The zero-order valence-electron chi connectivity index (χ0n) is 18.0. The van der Waals surface area contributed by atoms with Crippen molar-refractivity contribution >= 4 is 12.2 Å². The van der Waals surface area contributed by atoms with Crippen molar-refractivity contribution in [2.75, 3.05) is 7.11 Å². The third kappa shape index (κ3) is 3.93. The van der Waals surface area contributed by atoms with E-state index in [-0.39, 0.29) is 17.0 Å². The van der Waals surface area contributed by atoms with E-state index in [1.54, 1.807) is 25.3 Å². The van der Waals surface area contributed by atoms with Gasteiger partial charge in [0, 0.05) is 22.8 Å². The predicted octanol–water partition coefficient (Wildman–Crippen LogP) is 5.78. The van der Waals surface area contributed by atoms with E-state index < -0.39 is 0 Å². The summed E-state index contributed by atoms with van der Waals surface area (Å²) in [6.45, 7) is 8.53. The standard InChI is InChI=1S/C25H30O4/c1-24(2)12-10-19-18(8-6-16-14-17(26)7-9-21(16)27-5)20-11-13-25(3,4)29-23(20)15-22(19)28-24/h6-9,14-15,26H,10-13H2,1-5H3/b8-6-. The molecule has 2 aliphatic heterocycles. The van der Waals surface area contributed by atoms with Gasteiger partial charge in [-0.1, -0.05) is 12.2 Å². The van der Waals surface area contributed by atoms with Crippen LogP contribution in [0.1, 0.15) is 62.8 Å². The van der Waals surface area contributed by atoms with Crippen molar-refractivity contribution in [2.45, 2.75) is 64.6 Å². The summed E-state index contributed by atoms with van der Waals surface area (Å²) in [7, 11) is 1.64. The van der Waals surface area contributed by atoms with Gasteiger partial charge in [0.05, 0.1) is 7.11 Å². The van der Waals surface area contributed by atoms with E-state index in [9.17, 15) is 5.11 Å². The van der Waals surface area contributed by atoms with Gasteiger partial charge in [0.2, 0.25) is 0 Å². The van der Waals surface area contributed by atoms with Crippen molar-refractivity contribution < 1.29 is 19.3 Å². The van der Waals surface area contributed by atoms with Crippen molar-refractivity contribution in [3.63, 3.8) is 0 Å². The Labute approximate surface area is 173 Å². The van der Waals surface area contributed by atoms with Crippen LogP contribution >= 0.6 is 0 Å². The largest absolute Gasteiger partial charge is 0.508 e. The van der Waals surface area contributed by atoms with E-state index in [4.69, 9.17) is 14.2 Å². The Balaban J connectivity index is 1.83. The molecule has 0 bridgehead atoms. The molecule has 4 nitrogen and oxygen atoms in total. The molecule has 0 fully saturated rings. The van der Waals surface area contributed by atoms with E-state index in [1.165, 1.54) is 16.7 Å². The minimum atomic E-state index is -0.180. The molecule has 1 N–H and O–H groups in total. The van der Waals surface area contributed by atoms with E-state index in [0.717, 1.165) is 48.5 Å². The highest BCUT2D eigenvalue weighted by Crippen LogP contribution is 2.45. The van der Waals surface area contributed by atoms with Crippen LogP contribution in [0.15, 0.2) is 24.3 Å². The topological polar surface area (TPSA) is 47.9 Å². The zero-order chi connectivity index (χ0) is 20.8. The lowest BCUT2D eigenvalue weighted by atomic mass is 9.84. The second kappa shape index (κ2) is 7.01. The van der Waals surface area contributed by atoms with Gasteiger partial charge in [-0.05, 0) is 77.1 Å². The Hall–Kier alpha value is -2.62. The summed E-state index contributed by atoms with van der Waals surface area (Å²) in [5.41, 5.74) is 4.13. The minimum absolute atomic E-state index is 0.180. The van der Waals surface area contributed by atoms with Gasteiger partial charge in [-0.3, -0.25) is 0 Å². The quantitative estimate of drug-likeness (QED) is 0.671. The maximum Gasteiger partial charge on any atom is 0.127 e. The highest BCUT2D eigenvalue weighted by Gasteiger charge is 2.34. The molecule has 4 heteroatoms. The average molecular weight is 395 g/mol. The summed E-state index contributed by atoms with van der Waals surface area (Å²) >= 11 is 0. The summed E-state index contributed by atoms with van der Waals surface area (Å²) in [5, 5.41) is 9.90. The van der Waals surface area contributed by atoms with Crippen LogP contribution in [0, 0.1) is 0 Å². The first kappa shape index (κ1) is 19.7. The lowest BCUT2D eigenvalue weighted by Gasteiger charge is -2.38. The Kier molecular flexibility index (Phi) is 4.76. The van der Waals surface area contributed by atoms with Gasteiger partial charge in [-0.2, -0.15) is 0 Å². The van der Waals surface area contributed by atoms with Crippen LogP contribution < -0.4 is 14.2 Å². The smallest absolute Gasteiger partial charge is 0.127 e. The molecule has 0 spiro atoms. The van der Waals surface area contributed by atoms with Gasteiger partial charge in [0.1, 0.15) is 34.2 Å². The first-order valence-electron chi connectivity index (χ1n) is 10.3. The Morgan fingerprint density at radius 1 is 0.897 bits per heavy atom. The van der Waals surface area contributed by atoms with E-state index >= 15 is 0 Å². The van der Waals surface area contributed by atoms with Gasteiger partial charge in [-0.15, -0.1) is 0 Å². The molecule has 4 rings (SSSR count). The molecule has 2 aromatic carbocycles. The van der Waals surface area contributed by atoms with E-state index in [0.29, 0.717) is 0 Å². The minimum Gasteiger partial charge on any atom is -0.508 e. The van der Waals surface area contributed by atoms with Crippen LogP contribution in [0.2, 0.25) is 0 Å². The Bertz CT molecular complexity index is 925. The van der Waals surface area contributed by atoms with Gasteiger partial charge in [0.25, 0.3) is 0 Å². The van der Waals surface area contributed by atoms with Crippen LogP contribution in [0.5, 0.6) is 23.0 Å². The molecule has 0 saturated carbocycles. The fourth-order valence-corrected chi connectivity index (χ4v) is 4.21. The van der Waals surface area contributed by atoms with Gasteiger partial charge in [-0.25, -0.2) is 0 Å². The number of hydrogen-bond acceptors (Lipinski definition) is 4. The second-order valence-electron chi connectivity index (χ2n) is 9.23. The molecule has 0 saturated heterocycles. The zero-order valence-corrected chi connectivity index (χ0v) is 18.0. The van der Waals surface area contributed by atoms with Crippen molar-refractivity contribution in [1.29, 1.82) is 0 Å². The van der Waals surface area contributed by atoms with Gasteiger partial charge in [0.15, 0.2) is 0 Å². The fraction of sp³-hybridized carbons (Fsp3) is 0.440. The van der Waals surface area contributed by atoms with Crippen molar-refractivity contribution in [1.82, 2.24) is 0 Å². The lowest BCUT2D eigenvalue weighted by Crippen LogP contribution is -2.35. The molecule has 2 aromatic rings. The summed E-state index contributed by atoms with van der Waals surface area (Å²) in [5.74, 6) is 2.78. The molecule has 0 unspecified atom stereocenters. The van der Waals surface area contributed by atoms with E-state index in [1.807, 2.05) is 6.08 Å². The molecule has 0 aliphatic carbocycles. The molecule has 2 heterocycles. The Morgan fingerprint density at radius 3 is 2.03 bits per heavy atom.